The number of hydrogen-bond donors (Lipinski definition) is 0. The molecule has 0 fully saturated rings. The van der Waals surface area contributed by atoms with Crippen LogP contribution in [-0.4, -0.2) is 7.05 Å². The summed E-state index contributed by atoms with van der Waals surface area (Å²) in [6.07, 6.45) is 2.36. The fourth-order valence-corrected chi connectivity index (χ4v) is 2.09. The lowest BCUT2D eigenvalue weighted by atomic mass is 10.1. The smallest absolute Gasteiger partial charge is 0.0408 e. The van der Waals surface area contributed by atoms with Crippen LogP contribution in [0.5, 0.6) is 0 Å². The Labute approximate surface area is 110 Å². The minimum Gasteiger partial charge on any atom is -0.345 e. The lowest BCUT2D eigenvalue weighted by Gasteiger charge is -2.20. The minimum absolute atomic E-state index is 1.16. The van der Waals surface area contributed by atoms with Gasteiger partial charge in [0.15, 0.2) is 0 Å². The van der Waals surface area contributed by atoms with Crippen LogP contribution < -0.4 is 4.90 Å². The fraction of sp³-hybridized carbons (Fsp3) is 0.294. The maximum Gasteiger partial charge on any atom is 0.0408 e. The van der Waals surface area contributed by atoms with E-state index in [9.17, 15) is 0 Å². The SMILES string of the molecule is CCCc1ccc(N(C)c2ccc(C)cc2)cc1. The third kappa shape index (κ3) is 2.92. The lowest BCUT2D eigenvalue weighted by molar-refractivity contribution is 0.921. The molecule has 0 atom stereocenters. The Hall–Kier alpha value is -1.76. The van der Waals surface area contributed by atoms with Crippen molar-refractivity contribution in [1.29, 1.82) is 0 Å². The van der Waals surface area contributed by atoms with E-state index in [1.807, 2.05) is 0 Å². The highest BCUT2D eigenvalue weighted by Gasteiger charge is 2.03. The van der Waals surface area contributed by atoms with Gasteiger partial charge in [-0.25, -0.2) is 0 Å². The molecule has 0 spiro atoms. The highest BCUT2D eigenvalue weighted by molar-refractivity contribution is 5.62. The summed E-state index contributed by atoms with van der Waals surface area (Å²) in [5.41, 5.74) is 5.17. The summed E-state index contributed by atoms with van der Waals surface area (Å²) in [5.74, 6) is 0. The first-order valence-corrected chi connectivity index (χ1v) is 6.60. The summed E-state index contributed by atoms with van der Waals surface area (Å²) in [7, 11) is 2.11. The second kappa shape index (κ2) is 5.72. The molecule has 0 unspecified atom stereocenters. The number of aryl methyl sites for hydroxylation is 2. The highest BCUT2D eigenvalue weighted by atomic mass is 15.1. The van der Waals surface area contributed by atoms with Crippen molar-refractivity contribution in [2.45, 2.75) is 26.7 Å². The van der Waals surface area contributed by atoms with Crippen molar-refractivity contribution >= 4 is 11.4 Å². The minimum atomic E-state index is 1.16. The van der Waals surface area contributed by atoms with Crippen LogP contribution in [0.4, 0.5) is 11.4 Å². The van der Waals surface area contributed by atoms with Crippen LogP contribution in [0, 0.1) is 6.92 Å². The Morgan fingerprint density at radius 3 is 1.83 bits per heavy atom. The van der Waals surface area contributed by atoms with Gasteiger partial charge in [0.2, 0.25) is 0 Å². The maximum absolute atomic E-state index is 2.23. The van der Waals surface area contributed by atoms with Gasteiger partial charge in [-0.05, 0) is 43.2 Å². The molecule has 18 heavy (non-hydrogen) atoms. The normalized spacial score (nSPS) is 10.4. The molecule has 0 aromatic heterocycles. The van der Waals surface area contributed by atoms with Crippen LogP contribution in [0.15, 0.2) is 48.5 Å². The molecule has 0 radical (unpaired) electrons. The van der Waals surface area contributed by atoms with Crippen molar-refractivity contribution < 1.29 is 0 Å². The average Bonchev–Trinajstić information content (AvgIpc) is 2.40. The van der Waals surface area contributed by atoms with Gasteiger partial charge < -0.3 is 4.90 Å². The van der Waals surface area contributed by atoms with Gasteiger partial charge in [0, 0.05) is 18.4 Å². The quantitative estimate of drug-likeness (QED) is 0.746. The first kappa shape index (κ1) is 12.7. The molecule has 2 aromatic rings. The third-order valence-corrected chi connectivity index (χ3v) is 3.28. The molecule has 1 nitrogen and oxygen atoms in total. The predicted octanol–water partition coefficient (Wildman–Crippen LogP) is 4.72. The predicted molar refractivity (Wildman–Crippen MR) is 79.7 cm³/mol. The van der Waals surface area contributed by atoms with Gasteiger partial charge >= 0.3 is 0 Å². The van der Waals surface area contributed by atoms with Gasteiger partial charge in [-0.3, -0.25) is 0 Å². The zero-order valence-electron chi connectivity index (χ0n) is 11.5. The molecule has 0 amide bonds. The van der Waals surface area contributed by atoms with E-state index in [1.54, 1.807) is 0 Å². The Morgan fingerprint density at radius 1 is 0.833 bits per heavy atom. The van der Waals surface area contributed by atoms with E-state index < -0.39 is 0 Å². The highest BCUT2D eigenvalue weighted by Crippen LogP contribution is 2.24. The molecule has 0 bridgehead atoms. The van der Waals surface area contributed by atoms with Crippen LogP contribution in [0.25, 0.3) is 0 Å². The van der Waals surface area contributed by atoms with Crippen molar-refractivity contribution in [3.05, 3.63) is 59.7 Å². The second-order valence-corrected chi connectivity index (χ2v) is 4.81. The summed E-state index contributed by atoms with van der Waals surface area (Å²) < 4.78 is 0. The van der Waals surface area contributed by atoms with Crippen molar-refractivity contribution in [3.63, 3.8) is 0 Å². The van der Waals surface area contributed by atoms with E-state index in [4.69, 9.17) is 0 Å². The molecule has 94 valence electrons. The number of hydrogen-bond acceptors (Lipinski definition) is 1. The van der Waals surface area contributed by atoms with E-state index in [0.717, 1.165) is 6.42 Å². The van der Waals surface area contributed by atoms with Crippen LogP contribution >= 0.6 is 0 Å². The van der Waals surface area contributed by atoms with Gasteiger partial charge in [0.25, 0.3) is 0 Å². The molecule has 0 N–H and O–H groups in total. The fourth-order valence-electron chi connectivity index (χ4n) is 2.09. The average molecular weight is 239 g/mol. The first-order chi connectivity index (χ1) is 8.70. The Bertz CT molecular complexity index is 482. The van der Waals surface area contributed by atoms with Crippen LogP contribution in [0.2, 0.25) is 0 Å². The molecule has 0 aliphatic heterocycles. The van der Waals surface area contributed by atoms with Gasteiger partial charge in [-0.15, -0.1) is 0 Å². The maximum atomic E-state index is 2.23. The van der Waals surface area contributed by atoms with Crippen molar-refractivity contribution in [2.75, 3.05) is 11.9 Å². The molecule has 0 saturated carbocycles. The molecular formula is C17H21N. The first-order valence-electron chi connectivity index (χ1n) is 6.60. The zero-order chi connectivity index (χ0) is 13.0. The van der Waals surface area contributed by atoms with Gasteiger partial charge in [0.05, 0.1) is 0 Å². The Morgan fingerprint density at radius 2 is 1.33 bits per heavy atom. The largest absolute Gasteiger partial charge is 0.345 e. The topological polar surface area (TPSA) is 3.24 Å². The standard InChI is InChI=1S/C17H21N/c1-4-5-15-8-12-17(13-9-15)18(3)16-10-6-14(2)7-11-16/h6-13H,4-5H2,1-3H3. The van der Waals surface area contributed by atoms with Crippen LogP contribution in [-0.2, 0) is 6.42 Å². The molecular weight excluding hydrogens is 218 g/mol. The van der Waals surface area contributed by atoms with Gasteiger partial charge in [-0.1, -0.05) is 43.2 Å². The molecule has 0 saturated heterocycles. The number of nitrogens with zero attached hydrogens (tertiary/aromatic N) is 1. The van der Waals surface area contributed by atoms with E-state index in [2.05, 4.69) is 74.3 Å². The van der Waals surface area contributed by atoms with Crippen molar-refractivity contribution in [3.8, 4) is 0 Å². The van der Waals surface area contributed by atoms with Crippen molar-refractivity contribution in [2.24, 2.45) is 0 Å². The Kier molecular flexibility index (Phi) is 4.03. The van der Waals surface area contributed by atoms with Crippen LogP contribution in [0.1, 0.15) is 24.5 Å². The number of benzene rings is 2. The monoisotopic (exact) mass is 239 g/mol. The molecule has 0 aliphatic carbocycles. The van der Waals surface area contributed by atoms with E-state index in [-0.39, 0.29) is 0 Å². The van der Waals surface area contributed by atoms with Gasteiger partial charge in [0.1, 0.15) is 0 Å². The summed E-state index contributed by atoms with van der Waals surface area (Å²) in [6, 6.07) is 17.5. The molecule has 1 heteroatoms. The summed E-state index contributed by atoms with van der Waals surface area (Å²) in [6.45, 7) is 4.33. The molecule has 2 aromatic carbocycles. The second-order valence-electron chi connectivity index (χ2n) is 4.81. The van der Waals surface area contributed by atoms with Crippen LogP contribution in [0.3, 0.4) is 0 Å². The lowest BCUT2D eigenvalue weighted by Crippen LogP contribution is -2.09. The summed E-state index contributed by atoms with van der Waals surface area (Å²) in [4.78, 5) is 2.22. The summed E-state index contributed by atoms with van der Waals surface area (Å²) in [5, 5.41) is 0. The van der Waals surface area contributed by atoms with Gasteiger partial charge in [-0.2, -0.15) is 0 Å². The van der Waals surface area contributed by atoms with E-state index >= 15 is 0 Å². The zero-order valence-corrected chi connectivity index (χ0v) is 11.5. The Balaban J connectivity index is 2.17. The van der Waals surface area contributed by atoms with E-state index in [0.29, 0.717) is 0 Å². The van der Waals surface area contributed by atoms with E-state index in [1.165, 1.54) is 28.9 Å². The summed E-state index contributed by atoms with van der Waals surface area (Å²) >= 11 is 0. The number of anilines is 2. The van der Waals surface area contributed by atoms with Crippen molar-refractivity contribution in [1.82, 2.24) is 0 Å². The molecule has 0 aliphatic rings. The molecule has 0 heterocycles. The number of rotatable bonds is 4. The third-order valence-electron chi connectivity index (χ3n) is 3.28. The molecule has 2 rings (SSSR count).